The minimum absolute atomic E-state index is 0.0993. The van der Waals surface area contributed by atoms with Crippen molar-refractivity contribution in [3.05, 3.63) is 84.8 Å². The van der Waals surface area contributed by atoms with Crippen LogP contribution in [-0.2, 0) is 0 Å². The summed E-state index contributed by atoms with van der Waals surface area (Å²) in [5, 5.41) is 11.4. The van der Waals surface area contributed by atoms with Crippen molar-refractivity contribution in [2.24, 2.45) is 0 Å². The molecule has 0 saturated carbocycles. The highest BCUT2D eigenvalue weighted by Gasteiger charge is 2.06. The molecule has 29 heavy (non-hydrogen) atoms. The smallest absolute Gasteiger partial charge is 0.251 e. The van der Waals surface area contributed by atoms with Gasteiger partial charge in [0.15, 0.2) is 0 Å². The Morgan fingerprint density at radius 3 is 2.45 bits per heavy atom. The van der Waals surface area contributed by atoms with Crippen molar-refractivity contribution in [2.75, 3.05) is 23.7 Å². The fourth-order valence-electron chi connectivity index (χ4n) is 2.89. The van der Waals surface area contributed by atoms with Gasteiger partial charge < -0.3 is 16.0 Å². The minimum atomic E-state index is -0.0993. The number of hydrogen-bond acceptors (Lipinski definition) is 6. The average molecular weight is 384 g/mol. The summed E-state index contributed by atoms with van der Waals surface area (Å²) < 4.78 is 0. The van der Waals surface area contributed by atoms with Crippen LogP contribution in [0.15, 0.2) is 79.3 Å². The van der Waals surface area contributed by atoms with Gasteiger partial charge in [0.25, 0.3) is 5.91 Å². The van der Waals surface area contributed by atoms with Crippen LogP contribution >= 0.6 is 0 Å². The van der Waals surface area contributed by atoms with Crippen LogP contribution < -0.4 is 16.0 Å². The van der Waals surface area contributed by atoms with Crippen molar-refractivity contribution in [3.8, 4) is 0 Å². The number of fused-ring (bicyclic) bond motifs is 1. The lowest BCUT2D eigenvalue weighted by Gasteiger charge is -2.09. The van der Waals surface area contributed by atoms with Crippen LogP contribution in [0.5, 0.6) is 0 Å². The predicted molar refractivity (Wildman–Crippen MR) is 114 cm³/mol. The maximum absolute atomic E-state index is 12.4. The predicted octanol–water partition coefficient (Wildman–Crippen LogP) is 3.61. The van der Waals surface area contributed by atoms with Crippen molar-refractivity contribution in [1.82, 2.24) is 20.3 Å². The molecule has 3 N–H and O–H groups in total. The Labute approximate surface area is 168 Å². The molecule has 7 heteroatoms. The van der Waals surface area contributed by atoms with Crippen molar-refractivity contribution < 1.29 is 4.79 Å². The Bertz CT molecular complexity index is 1120. The maximum atomic E-state index is 12.4. The number of nitrogens with zero attached hydrogens (tertiary/aromatic N) is 3. The van der Waals surface area contributed by atoms with Crippen LogP contribution in [0.1, 0.15) is 10.4 Å². The topological polar surface area (TPSA) is 91.8 Å². The molecule has 0 unspecified atom stereocenters. The Morgan fingerprint density at radius 2 is 1.59 bits per heavy atom. The van der Waals surface area contributed by atoms with E-state index in [9.17, 15) is 4.79 Å². The van der Waals surface area contributed by atoms with Crippen molar-refractivity contribution in [3.63, 3.8) is 0 Å². The third kappa shape index (κ3) is 4.84. The van der Waals surface area contributed by atoms with Crippen molar-refractivity contribution >= 4 is 34.1 Å². The van der Waals surface area contributed by atoms with Crippen LogP contribution in [0.4, 0.5) is 17.5 Å². The minimum Gasteiger partial charge on any atom is -0.368 e. The van der Waals surface area contributed by atoms with E-state index in [2.05, 4.69) is 30.9 Å². The van der Waals surface area contributed by atoms with Gasteiger partial charge in [0.1, 0.15) is 23.8 Å². The first kappa shape index (κ1) is 18.4. The van der Waals surface area contributed by atoms with E-state index in [1.165, 1.54) is 6.33 Å². The first-order valence-electron chi connectivity index (χ1n) is 9.29. The fraction of sp³-hybridized carbons (Fsp3) is 0.0909. The molecule has 0 saturated heterocycles. The quantitative estimate of drug-likeness (QED) is 0.422. The van der Waals surface area contributed by atoms with Crippen LogP contribution in [0, 0.1) is 0 Å². The Balaban J connectivity index is 1.28. The van der Waals surface area contributed by atoms with Crippen LogP contribution in [0.2, 0.25) is 0 Å². The van der Waals surface area contributed by atoms with Crippen LogP contribution in [-0.4, -0.2) is 33.9 Å². The third-order valence-corrected chi connectivity index (χ3v) is 4.32. The molecule has 1 amide bonds. The maximum Gasteiger partial charge on any atom is 0.251 e. The molecule has 2 aromatic heterocycles. The van der Waals surface area contributed by atoms with Gasteiger partial charge >= 0.3 is 0 Å². The number of hydrogen-bond donors (Lipinski definition) is 3. The van der Waals surface area contributed by atoms with Crippen molar-refractivity contribution in [1.29, 1.82) is 0 Å². The lowest BCUT2D eigenvalue weighted by molar-refractivity contribution is 0.0955. The first-order valence-corrected chi connectivity index (χ1v) is 9.29. The summed E-state index contributed by atoms with van der Waals surface area (Å²) in [7, 11) is 0. The van der Waals surface area contributed by atoms with Gasteiger partial charge in [0, 0.05) is 30.9 Å². The molecule has 0 fully saturated rings. The molecule has 0 bridgehead atoms. The van der Waals surface area contributed by atoms with E-state index in [1.807, 2.05) is 60.7 Å². The first-order chi connectivity index (χ1) is 14.3. The number of carbonyl (C=O) groups excluding carboxylic acids is 1. The van der Waals surface area contributed by atoms with Gasteiger partial charge in [0.2, 0.25) is 0 Å². The molecular formula is C22H20N6O. The molecule has 144 valence electrons. The van der Waals surface area contributed by atoms with Gasteiger partial charge in [0.05, 0.1) is 0 Å². The van der Waals surface area contributed by atoms with E-state index in [0.717, 1.165) is 10.8 Å². The molecule has 2 heterocycles. The molecule has 0 atom stereocenters. The normalized spacial score (nSPS) is 10.5. The standard InChI is InChI=1S/C22H20N6O/c29-22(18-9-8-16-5-1-2-6-17(16)13-18)25-12-11-24-20-14-21(27-15-26-20)28-19-7-3-4-10-23-19/h1-10,13-15H,11-12H2,(H,25,29)(H2,23,24,26,27,28). The summed E-state index contributed by atoms with van der Waals surface area (Å²) in [6.45, 7) is 1.01. The summed E-state index contributed by atoms with van der Waals surface area (Å²) in [5.74, 6) is 1.91. The zero-order chi connectivity index (χ0) is 19.9. The molecule has 0 aliphatic carbocycles. The van der Waals surface area contributed by atoms with Gasteiger partial charge in [-0.15, -0.1) is 0 Å². The highest BCUT2D eigenvalue weighted by atomic mass is 16.1. The highest BCUT2D eigenvalue weighted by Crippen LogP contribution is 2.16. The van der Waals surface area contributed by atoms with E-state index in [-0.39, 0.29) is 5.91 Å². The monoisotopic (exact) mass is 384 g/mol. The molecule has 4 aromatic rings. The number of amides is 1. The number of aromatic nitrogens is 3. The molecule has 0 radical (unpaired) electrons. The summed E-state index contributed by atoms with van der Waals surface area (Å²) >= 11 is 0. The van der Waals surface area contributed by atoms with Gasteiger partial charge in [-0.2, -0.15) is 0 Å². The number of nitrogens with one attached hydrogen (secondary N) is 3. The molecule has 7 nitrogen and oxygen atoms in total. The fourth-order valence-corrected chi connectivity index (χ4v) is 2.89. The average Bonchev–Trinajstić information content (AvgIpc) is 2.77. The molecule has 0 aliphatic heterocycles. The van der Waals surface area contributed by atoms with E-state index in [0.29, 0.717) is 36.1 Å². The van der Waals surface area contributed by atoms with Gasteiger partial charge in [-0.1, -0.05) is 36.4 Å². The second kappa shape index (κ2) is 8.79. The molecular weight excluding hydrogens is 364 g/mol. The van der Waals surface area contributed by atoms with Gasteiger partial charge in [-0.05, 0) is 35.0 Å². The van der Waals surface area contributed by atoms with E-state index < -0.39 is 0 Å². The third-order valence-electron chi connectivity index (χ3n) is 4.32. The number of pyridine rings is 1. The second-order valence-electron chi connectivity index (χ2n) is 6.37. The molecule has 0 aliphatic rings. The van der Waals surface area contributed by atoms with Crippen LogP contribution in [0.25, 0.3) is 10.8 Å². The summed E-state index contributed by atoms with van der Waals surface area (Å²) in [4.78, 5) is 25.0. The SMILES string of the molecule is O=C(NCCNc1cc(Nc2ccccn2)ncn1)c1ccc2ccccc2c1. The molecule has 0 spiro atoms. The Kier molecular flexibility index (Phi) is 5.57. The Hall–Kier alpha value is -4.00. The summed E-state index contributed by atoms with van der Waals surface area (Å²) in [5.41, 5.74) is 0.646. The largest absolute Gasteiger partial charge is 0.368 e. The number of rotatable bonds is 7. The zero-order valence-corrected chi connectivity index (χ0v) is 15.7. The lowest BCUT2D eigenvalue weighted by atomic mass is 10.1. The number of carbonyl (C=O) groups is 1. The van der Waals surface area contributed by atoms with E-state index in [4.69, 9.17) is 0 Å². The van der Waals surface area contributed by atoms with Crippen molar-refractivity contribution in [2.45, 2.75) is 0 Å². The van der Waals surface area contributed by atoms with Gasteiger partial charge in [-0.25, -0.2) is 15.0 Å². The highest BCUT2D eigenvalue weighted by molar-refractivity contribution is 5.98. The number of anilines is 3. The number of benzene rings is 2. The zero-order valence-electron chi connectivity index (χ0n) is 15.7. The summed E-state index contributed by atoms with van der Waals surface area (Å²) in [6.07, 6.45) is 3.18. The summed E-state index contributed by atoms with van der Waals surface area (Å²) in [6, 6.07) is 21.1. The lowest BCUT2D eigenvalue weighted by Crippen LogP contribution is -2.28. The van der Waals surface area contributed by atoms with E-state index in [1.54, 1.807) is 12.3 Å². The van der Waals surface area contributed by atoms with E-state index >= 15 is 0 Å². The Morgan fingerprint density at radius 1 is 0.759 bits per heavy atom. The van der Waals surface area contributed by atoms with Crippen LogP contribution in [0.3, 0.4) is 0 Å². The van der Waals surface area contributed by atoms with Gasteiger partial charge in [-0.3, -0.25) is 4.79 Å². The molecule has 4 rings (SSSR count). The molecule has 2 aromatic carbocycles. The second-order valence-corrected chi connectivity index (χ2v) is 6.37.